The van der Waals surface area contributed by atoms with Crippen LogP contribution in [0.2, 0.25) is 0 Å². The molecule has 0 aliphatic carbocycles. The van der Waals surface area contributed by atoms with Crippen LogP contribution in [0.1, 0.15) is 138 Å². The lowest BCUT2D eigenvalue weighted by atomic mass is 9.99. The molecule has 620 valence electrons. The monoisotopic (exact) mass is 1600 g/mol. The quantitative estimate of drug-likeness (QED) is 0.00907. The van der Waals surface area contributed by atoms with Crippen LogP contribution in [0.5, 0.6) is 0 Å². The fourth-order valence-electron chi connectivity index (χ4n) is 11.6. The van der Waals surface area contributed by atoms with Crippen LogP contribution >= 0.6 is 0 Å². The average molecular weight is 1610 g/mol. The Bertz CT molecular complexity index is 4540. The molecule has 2 atom stereocenters. The van der Waals surface area contributed by atoms with Crippen LogP contribution in [0, 0.1) is 0 Å². The van der Waals surface area contributed by atoms with Crippen molar-refractivity contribution in [1.82, 2.24) is 0 Å². The summed E-state index contributed by atoms with van der Waals surface area (Å²) in [5, 5.41) is 10.8. The van der Waals surface area contributed by atoms with E-state index in [0.29, 0.717) is 107 Å². The van der Waals surface area contributed by atoms with Gasteiger partial charge in [-0.2, -0.15) is 0 Å². The normalized spacial score (nSPS) is 12.7. The summed E-state index contributed by atoms with van der Waals surface area (Å²) in [7, 11) is 2.91. The predicted molar refractivity (Wildman–Crippen MR) is 438 cm³/mol. The summed E-state index contributed by atoms with van der Waals surface area (Å²) in [5.74, 6) is -2.09. The smallest absolute Gasteiger partial charge is 0.419 e. The number of benzene rings is 8. The van der Waals surface area contributed by atoms with Crippen molar-refractivity contribution in [3.63, 3.8) is 0 Å². The van der Waals surface area contributed by atoms with Crippen molar-refractivity contribution >= 4 is 82.9 Å². The number of methoxy groups -OCH3 is 2. The fourth-order valence-corrected chi connectivity index (χ4v) is 11.6. The molecule has 0 spiro atoms. The van der Waals surface area contributed by atoms with E-state index in [1.165, 1.54) is 14.2 Å². The van der Waals surface area contributed by atoms with Crippen molar-refractivity contribution in [2.24, 2.45) is 0 Å². The van der Waals surface area contributed by atoms with Crippen LogP contribution < -0.4 is 21.3 Å². The average Bonchev–Trinajstić information content (AvgIpc) is 1.52. The Kier molecular flexibility index (Phi) is 39.2. The Morgan fingerprint density at radius 1 is 0.308 bits per heavy atom. The van der Waals surface area contributed by atoms with Crippen LogP contribution in [0.15, 0.2) is 194 Å². The third kappa shape index (κ3) is 38.2. The van der Waals surface area contributed by atoms with Crippen LogP contribution in [-0.2, 0) is 137 Å². The molecule has 2 unspecified atom stereocenters. The minimum Gasteiger partial charge on any atom is -0.469 e. The summed E-state index contributed by atoms with van der Waals surface area (Å²) < 4.78 is 60.7. The summed E-state index contributed by atoms with van der Waals surface area (Å²) in [6, 6.07) is 61.0. The van der Waals surface area contributed by atoms with Gasteiger partial charge in [0.15, 0.2) is 0 Å². The molecule has 0 aromatic heterocycles. The van der Waals surface area contributed by atoms with Crippen molar-refractivity contribution in [1.29, 1.82) is 0 Å². The van der Waals surface area contributed by atoms with E-state index < -0.39 is 30.3 Å². The Labute approximate surface area is 682 Å². The number of esters is 6. The van der Waals surface area contributed by atoms with Gasteiger partial charge in [0.05, 0.1) is 79.0 Å². The zero-order chi connectivity index (χ0) is 83.2. The summed E-state index contributed by atoms with van der Waals surface area (Å²) in [5.41, 5.74) is 14.1. The molecule has 26 heteroatoms. The molecule has 8 aromatic rings. The second-order valence-electron chi connectivity index (χ2n) is 27.7. The second-order valence-corrected chi connectivity index (χ2v) is 27.7. The van der Waals surface area contributed by atoms with Gasteiger partial charge in [-0.1, -0.05) is 166 Å². The number of carbonyl (C=O) groups excluding carboxylic acids is 10. The Balaban J connectivity index is 0.000000233. The number of anilines is 4. The first-order valence-electron chi connectivity index (χ1n) is 39.2. The van der Waals surface area contributed by atoms with E-state index >= 15 is 0 Å². The summed E-state index contributed by atoms with van der Waals surface area (Å²) in [6.45, 7) is 7.58. The van der Waals surface area contributed by atoms with Crippen molar-refractivity contribution in [3.8, 4) is 0 Å². The maximum absolute atomic E-state index is 12.5. The lowest BCUT2D eigenvalue weighted by molar-refractivity contribution is -0.145. The first-order valence-corrected chi connectivity index (χ1v) is 39.2. The minimum atomic E-state index is -0.866. The van der Waals surface area contributed by atoms with E-state index in [4.69, 9.17) is 56.8 Å². The van der Waals surface area contributed by atoms with Crippen LogP contribution in [0.25, 0.3) is 0 Å². The molecule has 117 heavy (non-hydrogen) atoms. The molecule has 2 aliphatic heterocycles. The van der Waals surface area contributed by atoms with Gasteiger partial charge in [-0.05, 0) is 180 Å². The first-order chi connectivity index (χ1) is 56.8. The third-order valence-electron chi connectivity index (χ3n) is 17.6. The lowest BCUT2D eigenvalue weighted by Gasteiger charge is -2.10. The van der Waals surface area contributed by atoms with Gasteiger partial charge in [0.1, 0.15) is 32.0 Å². The van der Waals surface area contributed by atoms with Crippen LogP contribution in [0.4, 0.5) is 41.9 Å². The highest BCUT2D eigenvalue weighted by molar-refractivity contribution is 5.93. The molecule has 2 fully saturated rings. The fraction of sp³-hybridized carbons (Fsp3) is 0.363. The molecule has 2 saturated heterocycles. The Morgan fingerprint density at radius 3 is 1.01 bits per heavy atom. The van der Waals surface area contributed by atoms with Crippen molar-refractivity contribution in [3.05, 3.63) is 261 Å². The number of ether oxygens (including phenoxy) is 12. The summed E-state index contributed by atoms with van der Waals surface area (Å²) in [4.78, 5) is 120. The standard InChI is InChI=1S/C41H45N3O9.C29H37NO8.C21H22O5/c1-2-17-50-39(46)42-34-14-7-12-31(24-34)22-32-13-8-15-35(25-32)43-40(47)51-19-4-3-18-49-38(45)26-33-10-5-9-29(21-33)20-30-11-6-16-36(23-30)44-41(48)53-28-37-27-52-37;1-3-4-15-36-28(33)21-24-10-7-9-22(19-24)18-23-11-8-12-25(20-23)30-29(34)38-27(32)14-6-5-13-26(31)37-17-16-35-2;1-24-20(22)11-17-6-2-4-15(9-17)8-16-5-3-7-18(10-16)12-21(23)26-14-19-13-25-19/h5-16,21,23-25,37H,2-4,17-20,22,26-28H2,1H3,(H,42,46)(H,43,47)(H,44,48);7-12,19-20H,3-6,13-18,21H2,1-2H3,(H,30,34);2-7,9-10,19H,8,11-14H2,1H3. The van der Waals surface area contributed by atoms with Crippen LogP contribution in [0.3, 0.4) is 0 Å². The molecule has 4 N–H and O–H groups in total. The number of hydrogen-bond acceptors (Lipinski definition) is 22. The Hall–Kier alpha value is -12.3. The maximum Gasteiger partial charge on any atom is 0.419 e. The number of nitrogens with one attached hydrogen (secondary N) is 4. The highest BCUT2D eigenvalue weighted by atomic mass is 16.6. The largest absolute Gasteiger partial charge is 0.469 e. The second kappa shape index (κ2) is 50.9. The minimum absolute atomic E-state index is 0.00580. The molecule has 2 aliphatic rings. The zero-order valence-corrected chi connectivity index (χ0v) is 66.7. The maximum atomic E-state index is 12.5. The highest BCUT2D eigenvalue weighted by Crippen LogP contribution is 2.23. The van der Waals surface area contributed by atoms with E-state index in [1.54, 1.807) is 36.4 Å². The van der Waals surface area contributed by atoms with E-state index in [0.717, 1.165) is 92.4 Å². The van der Waals surface area contributed by atoms with E-state index in [9.17, 15) is 47.9 Å². The third-order valence-corrected chi connectivity index (χ3v) is 17.6. The van der Waals surface area contributed by atoms with Gasteiger partial charge in [-0.15, -0.1) is 0 Å². The first kappa shape index (κ1) is 90.3. The molecule has 10 rings (SSSR count). The van der Waals surface area contributed by atoms with E-state index in [1.807, 2.05) is 172 Å². The number of carbonyl (C=O) groups is 10. The zero-order valence-electron chi connectivity index (χ0n) is 66.7. The topological polar surface area (TPSA) is 336 Å². The summed E-state index contributed by atoms with van der Waals surface area (Å²) in [6.07, 6.45) is 5.77. The van der Waals surface area contributed by atoms with Crippen LogP contribution in [-0.4, -0.2) is 153 Å². The van der Waals surface area contributed by atoms with Gasteiger partial charge in [0.2, 0.25) is 0 Å². The summed E-state index contributed by atoms with van der Waals surface area (Å²) >= 11 is 0. The number of hydrogen-bond donors (Lipinski definition) is 4. The number of unbranched alkanes of at least 4 members (excludes halogenated alkanes) is 3. The van der Waals surface area contributed by atoms with Gasteiger partial charge in [-0.25, -0.2) is 19.2 Å². The van der Waals surface area contributed by atoms with Crippen molar-refractivity contribution in [2.45, 2.75) is 135 Å². The molecular weight excluding hydrogens is 1500 g/mol. The molecular formula is C91H104N4O22. The molecule has 8 aromatic carbocycles. The molecule has 0 saturated carbocycles. The molecule has 2 heterocycles. The predicted octanol–water partition coefficient (Wildman–Crippen LogP) is 15.4. The van der Waals surface area contributed by atoms with Gasteiger partial charge in [0.25, 0.3) is 0 Å². The number of amides is 4. The van der Waals surface area contributed by atoms with Gasteiger partial charge >= 0.3 is 60.2 Å². The van der Waals surface area contributed by atoms with Gasteiger partial charge in [0, 0.05) is 42.7 Å². The van der Waals surface area contributed by atoms with E-state index in [-0.39, 0.29) is 107 Å². The van der Waals surface area contributed by atoms with Crippen molar-refractivity contribution in [2.75, 3.05) is 102 Å². The molecule has 0 radical (unpaired) electrons. The SMILES string of the molecule is CCCCOC(=O)Cc1cccc(Cc2cccc(NC(=O)OC(=O)CCCCC(=O)OCCOC)c2)c1.CCCOC(=O)Nc1cccc(Cc2cccc(NC(=O)OCCCCOC(=O)Cc3cccc(Cc4cccc(NC(=O)OCC5CO5)c4)c3)c2)c1.COC(=O)Cc1cccc(Cc2cccc(CC(=O)OCC3CO3)c2)c1. The Morgan fingerprint density at radius 2 is 0.624 bits per heavy atom. The van der Waals surface area contributed by atoms with Gasteiger partial charge in [-0.3, -0.25) is 50.0 Å². The van der Waals surface area contributed by atoms with Gasteiger partial charge < -0.3 is 56.8 Å². The molecule has 0 bridgehead atoms. The molecule has 26 nitrogen and oxygen atoms in total. The number of epoxide rings is 2. The highest BCUT2D eigenvalue weighted by Gasteiger charge is 2.26. The van der Waals surface area contributed by atoms with Crippen molar-refractivity contribution < 1.29 is 105 Å². The lowest BCUT2D eigenvalue weighted by Crippen LogP contribution is -2.18. The molecule has 4 amide bonds. The number of rotatable bonds is 42. The van der Waals surface area contributed by atoms with E-state index in [2.05, 4.69) is 21.3 Å².